The van der Waals surface area contributed by atoms with Crippen LogP contribution in [0.5, 0.6) is 5.75 Å². The molecule has 7 nitrogen and oxygen atoms in total. The number of nitrogens with one attached hydrogen (secondary N) is 1. The Balaban J connectivity index is 1.46. The average molecular weight is 571 g/mol. The highest BCUT2D eigenvalue weighted by molar-refractivity contribution is 5.82. The number of nitrogens with zero attached hydrogens (tertiary/aromatic N) is 1. The Hall–Kier alpha value is -3.46. The predicted octanol–water partition coefficient (Wildman–Crippen LogP) is 6.04. The molecule has 1 N–H and O–H groups in total. The molecule has 1 heterocycles. The van der Waals surface area contributed by atoms with Gasteiger partial charge in [-0.15, -0.1) is 0 Å². The number of hydrogen-bond acceptors (Lipinski definition) is 6. The summed E-state index contributed by atoms with van der Waals surface area (Å²) in [5.41, 5.74) is 3.24. The Kier molecular flexibility index (Phi) is 9.68. The molecule has 0 bridgehead atoms. The second kappa shape index (κ2) is 13.0. The topological polar surface area (TPSA) is 77.1 Å². The highest BCUT2D eigenvalue weighted by Crippen LogP contribution is 2.36. The third-order valence-corrected chi connectivity index (χ3v) is 7.50. The lowest BCUT2D eigenvalue weighted by atomic mass is 9.82. The van der Waals surface area contributed by atoms with Gasteiger partial charge in [0.15, 0.2) is 11.6 Å². The first-order valence-corrected chi connectivity index (χ1v) is 14.1. The minimum Gasteiger partial charge on any atom is -0.485 e. The first kappa shape index (κ1) is 30.5. The van der Waals surface area contributed by atoms with E-state index in [1.807, 2.05) is 19.2 Å². The van der Waals surface area contributed by atoms with Crippen molar-refractivity contribution in [1.29, 1.82) is 0 Å². The molecule has 0 aromatic heterocycles. The fourth-order valence-corrected chi connectivity index (χ4v) is 5.60. The predicted molar refractivity (Wildman–Crippen MR) is 152 cm³/mol. The molecule has 1 aliphatic carbocycles. The third-order valence-electron chi connectivity index (χ3n) is 7.50. The number of benzene rings is 2. The Morgan fingerprint density at radius 3 is 2.54 bits per heavy atom. The van der Waals surface area contributed by atoms with Gasteiger partial charge >= 0.3 is 12.1 Å². The van der Waals surface area contributed by atoms with Gasteiger partial charge < -0.3 is 19.5 Å². The SMILES string of the molecule is CNCc1ccccc1C1=CC[C@@H](Cc2cc(F)cc(O[C@H]3C[C@@H](C(=O)OC)N(C(=O)OC(C)(C)C)C3)c2F)CC1. The van der Waals surface area contributed by atoms with Gasteiger partial charge in [0.25, 0.3) is 0 Å². The molecule has 1 amide bonds. The molecule has 2 aromatic carbocycles. The van der Waals surface area contributed by atoms with Crippen LogP contribution in [0.3, 0.4) is 0 Å². The second-order valence-electron chi connectivity index (χ2n) is 11.8. The molecule has 0 saturated carbocycles. The number of carbonyl (C=O) groups is 2. The van der Waals surface area contributed by atoms with Gasteiger partial charge in [-0.1, -0.05) is 30.3 Å². The van der Waals surface area contributed by atoms with Crippen molar-refractivity contribution in [3.05, 3.63) is 70.8 Å². The van der Waals surface area contributed by atoms with Crippen molar-refractivity contribution >= 4 is 17.6 Å². The molecule has 0 spiro atoms. The van der Waals surface area contributed by atoms with Crippen molar-refractivity contribution in [2.75, 3.05) is 20.7 Å². The standard InChI is InChI=1S/C32H40F2N2O5/c1-32(2,3)41-31(38)36-19-25(17-27(36)30(37)39-5)40-28-16-24(33)15-23(29(28)34)14-20-10-12-21(13-11-20)26-9-7-6-8-22(26)18-35-4/h6-9,12,15-16,20,25,27,35H,10-11,13-14,17-19H2,1-5H3/t20-,25+,27+/m1/s1. The van der Waals surface area contributed by atoms with Gasteiger partial charge in [0, 0.05) is 19.0 Å². The maximum Gasteiger partial charge on any atom is 0.411 e. The molecule has 9 heteroatoms. The van der Waals surface area contributed by atoms with Crippen LogP contribution in [0, 0.1) is 17.6 Å². The molecular weight excluding hydrogens is 530 g/mol. The summed E-state index contributed by atoms with van der Waals surface area (Å²) in [5.74, 6) is -1.91. The number of rotatable bonds is 8. The highest BCUT2D eigenvalue weighted by Gasteiger charge is 2.43. The lowest BCUT2D eigenvalue weighted by molar-refractivity contribution is -0.145. The summed E-state index contributed by atoms with van der Waals surface area (Å²) in [6.07, 6.45) is 3.72. The Morgan fingerprint density at radius 1 is 1.12 bits per heavy atom. The molecule has 1 saturated heterocycles. The van der Waals surface area contributed by atoms with E-state index >= 15 is 4.39 Å². The van der Waals surface area contributed by atoms with E-state index < -0.39 is 41.4 Å². The van der Waals surface area contributed by atoms with Crippen LogP contribution in [0.2, 0.25) is 0 Å². The van der Waals surface area contributed by atoms with Crippen molar-refractivity contribution in [2.45, 2.75) is 77.2 Å². The lowest BCUT2D eigenvalue weighted by Crippen LogP contribution is -2.44. The van der Waals surface area contributed by atoms with Gasteiger partial charge in [0.1, 0.15) is 23.6 Å². The fraction of sp³-hybridized carbons (Fsp3) is 0.500. The van der Waals surface area contributed by atoms with Gasteiger partial charge in [-0.2, -0.15) is 0 Å². The van der Waals surface area contributed by atoms with E-state index in [1.165, 1.54) is 34.8 Å². The zero-order valence-electron chi connectivity index (χ0n) is 24.5. The van der Waals surface area contributed by atoms with Crippen molar-refractivity contribution in [2.24, 2.45) is 5.92 Å². The highest BCUT2D eigenvalue weighted by atomic mass is 19.1. The van der Waals surface area contributed by atoms with Crippen LogP contribution in [0.4, 0.5) is 13.6 Å². The molecule has 1 aliphatic heterocycles. The average Bonchev–Trinajstić information content (AvgIpc) is 3.35. The van der Waals surface area contributed by atoms with Crippen LogP contribution in [-0.2, 0) is 27.2 Å². The van der Waals surface area contributed by atoms with Crippen LogP contribution in [0.15, 0.2) is 42.5 Å². The Labute approximate surface area is 240 Å². The number of hydrogen-bond donors (Lipinski definition) is 1. The van der Waals surface area contributed by atoms with Crippen molar-refractivity contribution in [3.8, 4) is 5.75 Å². The summed E-state index contributed by atoms with van der Waals surface area (Å²) in [6, 6.07) is 9.61. The molecule has 0 radical (unpaired) electrons. The van der Waals surface area contributed by atoms with E-state index in [2.05, 4.69) is 23.5 Å². The molecule has 1 fully saturated rings. The number of amides is 1. The van der Waals surface area contributed by atoms with Crippen LogP contribution in [0.25, 0.3) is 5.57 Å². The van der Waals surface area contributed by atoms with Gasteiger partial charge in [-0.25, -0.2) is 18.4 Å². The van der Waals surface area contributed by atoms with Gasteiger partial charge in [0.2, 0.25) is 0 Å². The largest absolute Gasteiger partial charge is 0.485 e. The van der Waals surface area contributed by atoms with E-state index in [0.29, 0.717) is 6.42 Å². The van der Waals surface area contributed by atoms with Crippen molar-refractivity contribution < 1.29 is 32.6 Å². The maximum atomic E-state index is 15.6. The molecule has 222 valence electrons. The first-order valence-electron chi connectivity index (χ1n) is 14.1. The molecule has 4 rings (SSSR count). The number of ether oxygens (including phenoxy) is 3. The molecule has 0 unspecified atom stereocenters. The minimum atomic E-state index is -0.947. The van der Waals surface area contributed by atoms with Crippen LogP contribution in [-0.4, -0.2) is 55.4 Å². The molecule has 2 aliphatic rings. The van der Waals surface area contributed by atoms with E-state index in [0.717, 1.165) is 31.9 Å². The van der Waals surface area contributed by atoms with E-state index in [-0.39, 0.29) is 30.2 Å². The number of halogens is 2. The minimum absolute atomic E-state index is 0.0226. The van der Waals surface area contributed by atoms with Gasteiger partial charge in [-0.3, -0.25) is 4.90 Å². The summed E-state index contributed by atoms with van der Waals surface area (Å²) in [4.78, 5) is 26.4. The number of likely N-dealkylation sites (tertiary alicyclic amines) is 1. The van der Waals surface area contributed by atoms with Crippen LogP contribution < -0.4 is 10.1 Å². The van der Waals surface area contributed by atoms with Gasteiger partial charge in [0.05, 0.1) is 13.7 Å². The zero-order valence-corrected chi connectivity index (χ0v) is 24.5. The maximum absolute atomic E-state index is 15.6. The molecule has 2 aromatic rings. The first-order chi connectivity index (χ1) is 19.5. The number of methoxy groups -OCH3 is 1. The van der Waals surface area contributed by atoms with E-state index in [4.69, 9.17) is 14.2 Å². The molecule has 41 heavy (non-hydrogen) atoms. The summed E-state index contributed by atoms with van der Waals surface area (Å²) in [5, 5.41) is 3.21. The van der Waals surface area contributed by atoms with E-state index in [1.54, 1.807) is 20.8 Å². The summed E-state index contributed by atoms with van der Waals surface area (Å²) in [6.45, 7) is 5.92. The number of allylic oxidation sites excluding steroid dienone is 2. The second-order valence-corrected chi connectivity index (χ2v) is 11.8. The Morgan fingerprint density at radius 2 is 1.88 bits per heavy atom. The number of carbonyl (C=O) groups excluding carboxylic acids is 2. The van der Waals surface area contributed by atoms with Crippen molar-refractivity contribution in [3.63, 3.8) is 0 Å². The van der Waals surface area contributed by atoms with E-state index in [9.17, 15) is 14.0 Å². The summed E-state index contributed by atoms with van der Waals surface area (Å²) in [7, 11) is 3.15. The normalized spacial score (nSPS) is 20.9. The summed E-state index contributed by atoms with van der Waals surface area (Å²) < 4.78 is 46.5. The lowest BCUT2D eigenvalue weighted by Gasteiger charge is -2.27. The van der Waals surface area contributed by atoms with Crippen molar-refractivity contribution in [1.82, 2.24) is 10.2 Å². The third kappa shape index (κ3) is 7.64. The van der Waals surface area contributed by atoms with Gasteiger partial charge in [-0.05, 0) is 87.7 Å². The number of esters is 1. The quantitative estimate of drug-likeness (QED) is 0.390. The molecular formula is C32H40F2N2O5. The molecule has 3 atom stereocenters. The monoisotopic (exact) mass is 570 g/mol. The van der Waals surface area contributed by atoms with Crippen LogP contribution >= 0.6 is 0 Å². The fourth-order valence-electron chi connectivity index (χ4n) is 5.60. The summed E-state index contributed by atoms with van der Waals surface area (Å²) >= 11 is 0. The zero-order chi connectivity index (χ0) is 29.7. The Bertz CT molecular complexity index is 1290. The van der Waals surface area contributed by atoms with Crippen LogP contribution in [0.1, 0.15) is 63.1 Å². The smallest absolute Gasteiger partial charge is 0.411 e.